The molecule has 0 spiro atoms. The van der Waals surface area contributed by atoms with Crippen molar-refractivity contribution in [3.63, 3.8) is 0 Å². The third-order valence-corrected chi connectivity index (χ3v) is 3.11. The molecule has 0 radical (unpaired) electrons. The zero-order valence-corrected chi connectivity index (χ0v) is 10.9. The van der Waals surface area contributed by atoms with Crippen molar-refractivity contribution < 1.29 is 4.79 Å². The number of hydrogen-bond acceptors (Lipinski definition) is 3. The van der Waals surface area contributed by atoms with Crippen LogP contribution in [0.2, 0.25) is 0 Å². The van der Waals surface area contributed by atoms with Crippen LogP contribution < -0.4 is 10.6 Å². The van der Waals surface area contributed by atoms with E-state index < -0.39 is 0 Å². The standard InChI is InChI=1S/C12H25N3O/c1-9(2)15(4)8-7-13-10(3)12(16)14-11-5-6-11/h9-11,13H,5-8H2,1-4H3,(H,14,16). The summed E-state index contributed by atoms with van der Waals surface area (Å²) in [6, 6.07) is 0.925. The molecule has 1 atom stereocenters. The number of nitrogens with one attached hydrogen (secondary N) is 2. The van der Waals surface area contributed by atoms with Gasteiger partial charge in [0.05, 0.1) is 6.04 Å². The maximum atomic E-state index is 11.6. The van der Waals surface area contributed by atoms with Gasteiger partial charge in [0.25, 0.3) is 0 Å². The fourth-order valence-electron chi connectivity index (χ4n) is 1.36. The molecule has 0 aromatic rings. The van der Waals surface area contributed by atoms with E-state index in [9.17, 15) is 4.79 Å². The highest BCUT2D eigenvalue weighted by Crippen LogP contribution is 2.18. The van der Waals surface area contributed by atoms with Crippen molar-refractivity contribution in [3.8, 4) is 0 Å². The largest absolute Gasteiger partial charge is 0.352 e. The van der Waals surface area contributed by atoms with Gasteiger partial charge in [-0.05, 0) is 40.7 Å². The van der Waals surface area contributed by atoms with E-state index in [1.165, 1.54) is 0 Å². The van der Waals surface area contributed by atoms with Crippen molar-refractivity contribution in [1.82, 2.24) is 15.5 Å². The Labute approximate surface area is 98.8 Å². The molecule has 0 bridgehead atoms. The molecule has 1 rings (SSSR count). The molecule has 1 unspecified atom stereocenters. The van der Waals surface area contributed by atoms with Gasteiger partial charge in [-0.2, -0.15) is 0 Å². The molecule has 1 fully saturated rings. The summed E-state index contributed by atoms with van der Waals surface area (Å²) in [6.07, 6.45) is 2.29. The SMILES string of the molecule is CC(NCCN(C)C(C)C)C(=O)NC1CC1. The van der Waals surface area contributed by atoms with Crippen LogP contribution in [-0.4, -0.2) is 49.1 Å². The van der Waals surface area contributed by atoms with Crippen molar-refractivity contribution in [3.05, 3.63) is 0 Å². The van der Waals surface area contributed by atoms with E-state index in [2.05, 4.69) is 36.4 Å². The van der Waals surface area contributed by atoms with Crippen molar-refractivity contribution in [2.75, 3.05) is 20.1 Å². The Balaban J connectivity index is 2.08. The number of amides is 1. The first-order chi connectivity index (χ1) is 7.50. The third-order valence-electron chi connectivity index (χ3n) is 3.11. The Morgan fingerprint density at radius 1 is 1.38 bits per heavy atom. The second-order valence-corrected chi connectivity index (χ2v) is 5.03. The van der Waals surface area contributed by atoms with Gasteiger partial charge in [0.1, 0.15) is 0 Å². The molecule has 0 aromatic heterocycles. The molecule has 0 aromatic carbocycles. The average molecular weight is 227 g/mol. The molecule has 16 heavy (non-hydrogen) atoms. The lowest BCUT2D eigenvalue weighted by Crippen LogP contribution is -2.45. The zero-order valence-electron chi connectivity index (χ0n) is 10.9. The van der Waals surface area contributed by atoms with Crippen LogP contribution in [0.15, 0.2) is 0 Å². The summed E-state index contributed by atoms with van der Waals surface area (Å²) in [5.41, 5.74) is 0. The third kappa shape index (κ3) is 4.94. The molecule has 4 heteroatoms. The molecule has 0 heterocycles. The van der Waals surface area contributed by atoms with E-state index in [4.69, 9.17) is 0 Å². The summed E-state index contributed by atoms with van der Waals surface area (Å²) in [7, 11) is 2.10. The quantitative estimate of drug-likeness (QED) is 0.669. The molecule has 0 saturated heterocycles. The van der Waals surface area contributed by atoms with E-state index >= 15 is 0 Å². The van der Waals surface area contributed by atoms with E-state index in [1.54, 1.807) is 0 Å². The molecule has 1 amide bonds. The van der Waals surface area contributed by atoms with Gasteiger partial charge < -0.3 is 15.5 Å². The first-order valence-electron chi connectivity index (χ1n) is 6.24. The van der Waals surface area contributed by atoms with E-state index in [-0.39, 0.29) is 11.9 Å². The summed E-state index contributed by atoms with van der Waals surface area (Å²) >= 11 is 0. The Morgan fingerprint density at radius 2 is 2.00 bits per heavy atom. The van der Waals surface area contributed by atoms with E-state index in [0.29, 0.717) is 12.1 Å². The number of carbonyl (C=O) groups is 1. The van der Waals surface area contributed by atoms with Crippen molar-refractivity contribution in [1.29, 1.82) is 0 Å². The first-order valence-corrected chi connectivity index (χ1v) is 6.24. The summed E-state index contributed by atoms with van der Waals surface area (Å²) < 4.78 is 0. The fourth-order valence-corrected chi connectivity index (χ4v) is 1.36. The van der Waals surface area contributed by atoms with Gasteiger partial charge in [0, 0.05) is 25.2 Å². The lowest BCUT2D eigenvalue weighted by Gasteiger charge is -2.22. The molecular formula is C12H25N3O. The highest BCUT2D eigenvalue weighted by Gasteiger charge is 2.25. The number of likely N-dealkylation sites (N-methyl/N-ethyl adjacent to an activating group) is 1. The molecule has 1 aliphatic carbocycles. The fraction of sp³-hybridized carbons (Fsp3) is 0.917. The minimum absolute atomic E-state index is 0.0823. The predicted molar refractivity (Wildman–Crippen MR) is 66.4 cm³/mol. The number of carbonyl (C=O) groups excluding carboxylic acids is 1. The lowest BCUT2D eigenvalue weighted by molar-refractivity contribution is -0.122. The molecule has 94 valence electrons. The van der Waals surface area contributed by atoms with Gasteiger partial charge in [0.2, 0.25) is 5.91 Å². The molecule has 2 N–H and O–H groups in total. The second kappa shape index (κ2) is 6.21. The molecular weight excluding hydrogens is 202 g/mol. The van der Waals surface area contributed by atoms with Crippen LogP contribution in [0.4, 0.5) is 0 Å². The highest BCUT2D eigenvalue weighted by atomic mass is 16.2. The van der Waals surface area contributed by atoms with Crippen LogP contribution in [-0.2, 0) is 4.79 Å². The van der Waals surface area contributed by atoms with Crippen molar-refractivity contribution in [2.45, 2.75) is 51.7 Å². The van der Waals surface area contributed by atoms with Crippen molar-refractivity contribution >= 4 is 5.91 Å². The zero-order chi connectivity index (χ0) is 12.1. The summed E-state index contributed by atoms with van der Waals surface area (Å²) in [5.74, 6) is 0.134. The van der Waals surface area contributed by atoms with E-state index in [1.807, 2.05) is 6.92 Å². The van der Waals surface area contributed by atoms with Crippen LogP contribution in [0, 0.1) is 0 Å². The molecule has 1 aliphatic rings. The van der Waals surface area contributed by atoms with Gasteiger partial charge in [0.15, 0.2) is 0 Å². The molecule has 4 nitrogen and oxygen atoms in total. The van der Waals surface area contributed by atoms with Gasteiger partial charge in [-0.1, -0.05) is 0 Å². The van der Waals surface area contributed by atoms with Gasteiger partial charge in [-0.3, -0.25) is 4.79 Å². The highest BCUT2D eigenvalue weighted by molar-refractivity contribution is 5.81. The van der Waals surface area contributed by atoms with Crippen molar-refractivity contribution in [2.24, 2.45) is 0 Å². The molecule has 1 saturated carbocycles. The van der Waals surface area contributed by atoms with Crippen LogP contribution in [0.1, 0.15) is 33.6 Å². The van der Waals surface area contributed by atoms with Gasteiger partial charge >= 0.3 is 0 Å². The van der Waals surface area contributed by atoms with Crippen LogP contribution in [0.5, 0.6) is 0 Å². The summed E-state index contributed by atoms with van der Waals surface area (Å²) in [5, 5.41) is 6.25. The Bertz CT molecular complexity index is 226. The molecule has 0 aliphatic heterocycles. The lowest BCUT2D eigenvalue weighted by atomic mass is 10.3. The minimum atomic E-state index is -0.0823. The van der Waals surface area contributed by atoms with Gasteiger partial charge in [-0.15, -0.1) is 0 Å². The average Bonchev–Trinajstić information content (AvgIpc) is 3.00. The van der Waals surface area contributed by atoms with Gasteiger partial charge in [-0.25, -0.2) is 0 Å². The normalized spacial score (nSPS) is 17.9. The summed E-state index contributed by atoms with van der Waals surface area (Å²) in [4.78, 5) is 13.9. The minimum Gasteiger partial charge on any atom is -0.352 e. The van der Waals surface area contributed by atoms with Crippen LogP contribution in [0.3, 0.4) is 0 Å². The number of rotatable bonds is 7. The van der Waals surface area contributed by atoms with Crippen LogP contribution in [0.25, 0.3) is 0 Å². The Kier molecular flexibility index (Phi) is 5.22. The number of hydrogen-bond donors (Lipinski definition) is 2. The topological polar surface area (TPSA) is 44.4 Å². The monoisotopic (exact) mass is 227 g/mol. The predicted octanol–water partition coefficient (Wildman–Crippen LogP) is 0.583. The Morgan fingerprint density at radius 3 is 2.50 bits per heavy atom. The number of nitrogens with zero attached hydrogens (tertiary/aromatic N) is 1. The smallest absolute Gasteiger partial charge is 0.237 e. The second-order valence-electron chi connectivity index (χ2n) is 5.03. The summed E-state index contributed by atoms with van der Waals surface area (Å²) in [6.45, 7) is 8.09. The maximum Gasteiger partial charge on any atom is 0.237 e. The Hall–Kier alpha value is -0.610. The van der Waals surface area contributed by atoms with Crippen LogP contribution >= 0.6 is 0 Å². The van der Waals surface area contributed by atoms with E-state index in [0.717, 1.165) is 25.9 Å². The maximum absolute atomic E-state index is 11.6. The first kappa shape index (κ1) is 13.5.